The summed E-state index contributed by atoms with van der Waals surface area (Å²) >= 11 is 0. The summed E-state index contributed by atoms with van der Waals surface area (Å²) in [6, 6.07) is 78.3. The Morgan fingerprint density at radius 3 is 1.44 bits per heavy atom. The number of rotatable bonds is 4. The fourth-order valence-corrected chi connectivity index (χ4v) is 12.7. The molecule has 2 aliphatic rings. The average molecular weight is 863 g/mol. The van der Waals surface area contributed by atoms with Crippen molar-refractivity contribution in [1.82, 2.24) is 9.13 Å². The molecule has 2 heterocycles. The minimum atomic E-state index is -0.578. The van der Waals surface area contributed by atoms with E-state index in [9.17, 15) is 0 Å². The maximum atomic E-state index is 3.93. The summed E-state index contributed by atoms with van der Waals surface area (Å²) in [6.45, 7) is 6.15. The largest absolute Gasteiger partial charge is 0.309 e. The van der Waals surface area contributed by atoms with Gasteiger partial charge in [-0.2, -0.15) is 0 Å². The SMILES string of the molecule is C=C/C=C\c1ccc(-n2c3cc4c(cc3c3c5ccccc5ccc32)-c2cc3c5c6ccccc6ccc5n(-c5ccc6ccccc6c5)c3cc2C42c3ccccc3-c3ccccc32)cc1C. The summed E-state index contributed by atoms with van der Waals surface area (Å²) in [7, 11) is 0. The van der Waals surface area contributed by atoms with Gasteiger partial charge in [-0.25, -0.2) is 0 Å². The molecule has 68 heavy (non-hydrogen) atoms. The smallest absolute Gasteiger partial charge is 0.0727 e. The maximum absolute atomic E-state index is 3.93. The lowest BCUT2D eigenvalue weighted by atomic mass is 9.70. The molecule has 316 valence electrons. The molecule has 0 N–H and O–H groups in total. The van der Waals surface area contributed by atoms with Crippen molar-refractivity contribution in [2.75, 3.05) is 0 Å². The Labute approximate surface area is 393 Å². The van der Waals surface area contributed by atoms with E-state index in [0.717, 1.165) is 11.4 Å². The van der Waals surface area contributed by atoms with Gasteiger partial charge in [0.2, 0.25) is 0 Å². The number of hydrogen-bond acceptors (Lipinski definition) is 0. The molecule has 0 aliphatic heterocycles. The molecule has 2 heteroatoms. The van der Waals surface area contributed by atoms with Crippen LogP contribution in [0.25, 0.3) is 116 Å². The summed E-state index contributed by atoms with van der Waals surface area (Å²) in [4.78, 5) is 0. The average Bonchev–Trinajstić information content (AvgIpc) is 4.08. The number of allylic oxidation sites excluding steroid dienone is 2. The lowest BCUT2D eigenvalue weighted by molar-refractivity contribution is 0.795. The monoisotopic (exact) mass is 862 g/mol. The van der Waals surface area contributed by atoms with Gasteiger partial charge in [0, 0.05) is 32.9 Å². The lowest BCUT2D eigenvalue weighted by Gasteiger charge is -2.30. The van der Waals surface area contributed by atoms with Crippen molar-refractivity contribution in [2.24, 2.45) is 0 Å². The van der Waals surface area contributed by atoms with Gasteiger partial charge in [-0.3, -0.25) is 0 Å². The van der Waals surface area contributed by atoms with Crippen LogP contribution in [0.1, 0.15) is 33.4 Å². The second kappa shape index (κ2) is 13.7. The normalized spacial score (nSPS) is 13.5. The predicted molar refractivity (Wildman–Crippen MR) is 288 cm³/mol. The number of aromatic nitrogens is 2. The summed E-state index contributed by atoms with van der Waals surface area (Å²) in [6.07, 6.45) is 6.01. The van der Waals surface area contributed by atoms with Crippen LogP contribution >= 0.6 is 0 Å². The first-order valence-corrected chi connectivity index (χ1v) is 23.7. The summed E-state index contributed by atoms with van der Waals surface area (Å²) in [5.41, 5.74) is 19.5. The summed E-state index contributed by atoms with van der Waals surface area (Å²) in [5.74, 6) is 0. The van der Waals surface area contributed by atoms with Crippen molar-refractivity contribution in [2.45, 2.75) is 12.3 Å². The van der Waals surface area contributed by atoms with Crippen LogP contribution in [0.5, 0.6) is 0 Å². The van der Waals surface area contributed by atoms with Gasteiger partial charge in [-0.05, 0) is 156 Å². The number of nitrogens with zero attached hydrogens (tertiary/aromatic N) is 2. The van der Waals surface area contributed by atoms with Gasteiger partial charge in [0.05, 0.1) is 27.5 Å². The third-order valence-electron chi connectivity index (χ3n) is 15.6. The van der Waals surface area contributed by atoms with Crippen LogP contribution < -0.4 is 0 Å². The Morgan fingerprint density at radius 2 is 0.868 bits per heavy atom. The van der Waals surface area contributed by atoms with Crippen molar-refractivity contribution in [3.63, 3.8) is 0 Å². The first-order chi connectivity index (χ1) is 33.6. The Balaban J connectivity index is 1.13. The maximum Gasteiger partial charge on any atom is 0.0727 e. The first-order valence-electron chi connectivity index (χ1n) is 23.7. The van der Waals surface area contributed by atoms with Crippen LogP contribution in [0.4, 0.5) is 0 Å². The number of hydrogen-bond donors (Lipinski definition) is 0. The van der Waals surface area contributed by atoms with Gasteiger partial charge >= 0.3 is 0 Å². The number of benzene rings is 11. The topological polar surface area (TPSA) is 9.86 Å². The third kappa shape index (κ3) is 4.81. The van der Waals surface area contributed by atoms with Crippen molar-refractivity contribution in [1.29, 1.82) is 0 Å². The molecular weight excluding hydrogens is 821 g/mol. The van der Waals surface area contributed by atoms with Crippen LogP contribution in [0.3, 0.4) is 0 Å². The molecule has 0 fully saturated rings. The molecule has 0 saturated heterocycles. The van der Waals surface area contributed by atoms with E-state index in [4.69, 9.17) is 0 Å². The fraction of sp³-hybridized carbons (Fsp3) is 0.0303. The van der Waals surface area contributed by atoms with Gasteiger partial charge in [0.25, 0.3) is 0 Å². The molecule has 0 saturated carbocycles. The Morgan fingerprint density at radius 1 is 0.382 bits per heavy atom. The zero-order valence-electron chi connectivity index (χ0n) is 37.5. The Bertz CT molecular complexity index is 4370. The minimum absolute atomic E-state index is 0.578. The van der Waals surface area contributed by atoms with Gasteiger partial charge in [-0.1, -0.05) is 170 Å². The van der Waals surface area contributed by atoms with Crippen molar-refractivity contribution in [3.8, 4) is 33.6 Å². The van der Waals surface area contributed by atoms with E-state index < -0.39 is 5.41 Å². The molecule has 2 aromatic heterocycles. The molecule has 2 aliphatic carbocycles. The molecule has 0 bridgehead atoms. The van der Waals surface area contributed by atoms with Crippen molar-refractivity contribution in [3.05, 3.63) is 258 Å². The third-order valence-corrected chi connectivity index (χ3v) is 15.6. The van der Waals surface area contributed by atoms with E-state index >= 15 is 0 Å². The quantitative estimate of drug-likeness (QED) is 0.156. The standard InChI is InChI=1S/C66H42N2/c1-3-4-15-41-26-30-46(34-40(41)2)67-60-32-28-43-17-7-9-20-48(43)64(60)54-36-52-53-37-55-63(39-59(53)66(58(52)38-62(54)67)56-24-13-11-22-50(56)51-23-12-14-25-57(51)66)68(47-31-27-42-16-5-6-19-45(42)35-47)61-33-29-44-18-8-10-21-49(44)65(55)61/h3-39H,1H2,2H3/b15-4-. The van der Waals surface area contributed by atoms with Gasteiger partial charge in [-0.15, -0.1) is 0 Å². The Hall–Kier alpha value is -8.72. The summed E-state index contributed by atoms with van der Waals surface area (Å²) < 4.78 is 5.06. The van der Waals surface area contributed by atoms with E-state index in [1.54, 1.807) is 0 Å². The van der Waals surface area contributed by atoms with Gasteiger partial charge in [0.15, 0.2) is 0 Å². The highest BCUT2D eigenvalue weighted by molar-refractivity contribution is 6.25. The zero-order chi connectivity index (χ0) is 44.8. The highest BCUT2D eigenvalue weighted by Gasteiger charge is 2.52. The number of aryl methyl sites for hydroxylation is 1. The molecule has 0 unspecified atom stereocenters. The Kier molecular flexibility index (Phi) is 7.54. The first kappa shape index (κ1) is 37.5. The van der Waals surface area contributed by atoms with Crippen molar-refractivity contribution < 1.29 is 0 Å². The molecular formula is C66H42N2. The van der Waals surface area contributed by atoms with Crippen LogP contribution in [0.15, 0.2) is 225 Å². The molecule has 1 spiro atoms. The second-order valence-corrected chi connectivity index (χ2v) is 18.9. The van der Waals surface area contributed by atoms with E-state index in [-0.39, 0.29) is 0 Å². The minimum Gasteiger partial charge on any atom is -0.309 e. The molecule has 2 nitrogen and oxygen atoms in total. The molecule has 0 amide bonds. The zero-order valence-corrected chi connectivity index (χ0v) is 37.5. The molecule has 11 aromatic carbocycles. The van der Waals surface area contributed by atoms with Gasteiger partial charge in [0.1, 0.15) is 0 Å². The van der Waals surface area contributed by atoms with E-state index in [1.165, 1.54) is 132 Å². The molecule has 0 radical (unpaired) electrons. The second-order valence-electron chi connectivity index (χ2n) is 18.9. The van der Waals surface area contributed by atoms with Crippen LogP contribution in [0.2, 0.25) is 0 Å². The molecule has 0 atom stereocenters. The van der Waals surface area contributed by atoms with E-state index in [0.29, 0.717) is 0 Å². The van der Waals surface area contributed by atoms with Crippen molar-refractivity contribution >= 4 is 82.0 Å². The van der Waals surface area contributed by atoms with Crippen LogP contribution in [-0.4, -0.2) is 9.13 Å². The van der Waals surface area contributed by atoms with E-state index in [2.05, 4.69) is 235 Å². The van der Waals surface area contributed by atoms with Crippen LogP contribution in [0, 0.1) is 6.92 Å². The molecule has 13 aromatic rings. The van der Waals surface area contributed by atoms with Crippen LogP contribution in [-0.2, 0) is 5.41 Å². The highest BCUT2D eigenvalue weighted by atomic mass is 15.0. The number of fused-ring (bicyclic) bond motifs is 21. The summed E-state index contributed by atoms with van der Waals surface area (Å²) in [5, 5.41) is 12.6. The van der Waals surface area contributed by atoms with Gasteiger partial charge < -0.3 is 9.13 Å². The lowest BCUT2D eigenvalue weighted by Crippen LogP contribution is -2.26. The fourth-order valence-electron chi connectivity index (χ4n) is 12.7. The highest BCUT2D eigenvalue weighted by Crippen LogP contribution is 2.64. The predicted octanol–water partition coefficient (Wildman–Crippen LogP) is 17.2. The van der Waals surface area contributed by atoms with E-state index in [1.807, 2.05) is 12.2 Å². The molecule has 15 rings (SSSR count).